The van der Waals surface area contributed by atoms with Crippen molar-refractivity contribution in [1.82, 2.24) is 4.98 Å². The molecule has 3 rings (SSSR count). The average molecular weight is 239 g/mol. The molecule has 0 saturated heterocycles. The third-order valence-corrected chi connectivity index (χ3v) is 4.19. The van der Waals surface area contributed by atoms with E-state index in [1.165, 1.54) is 0 Å². The van der Waals surface area contributed by atoms with Crippen LogP contribution in [0.25, 0.3) is 10.2 Å². The number of thiazole rings is 1. The Morgan fingerprint density at radius 2 is 2.40 bits per heavy atom. The van der Waals surface area contributed by atoms with E-state index < -0.39 is 0 Å². The monoisotopic (exact) mass is 239 g/mol. The summed E-state index contributed by atoms with van der Waals surface area (Å²) in [5, 5.41) is 0. The Morgan fingerprint density at radius 1 is 1.47 bits per heavy atom. The predicted molar refractivity (Wildman–Crippen MR) is 62.1 cm³/mol. The van der Waals surface area contributed by atoms with Crippen LogP contribution in [-0.4, -0.2) is 17.5 Å². The van der Waals surface area contributed by atoms with E-state index in [1.54, 1.807) is 23.1 Å². The van der Waals surface area contributed by atoms with E-state index in [4.69, 9.17) is 9.47 Å². The fourth-order valence-electron chi connectivity index (χ4n) is 1.52. The molecule has 0 spiro atoms. The summed E-state index contributed by atoms with van der Waals surface area (Å²) in [5.74, 6) is 2.65. The van der Waals surface area contributed by atoms with Crippen molar-refractivity contribution in [3.8, 4) is 11.5 Å². The molecule has 0 N–H and O–H groups in total. The summed E-state index contributed by atoms with van der Waals surface area (Å²) in [6, 6.07) is 3.99. The Morgan fingerprint density at radius 3 is 3.27 bits per heavy atom. The molecule has 0 unspecified atom stereocenters. The zero-order valence-electron chi connectivity index (χ0n) is 8.15. The summed E-state index contributed by atoms with van der Waals surface area (Å²) < 4.78 is 13.0. The van der Waals surface area contributed by atoms with Crippen molar-refractivity contribution in [1.29, 1.82) is 0 Å². The lowest BCUT2D eigenvalue weighted by Crippen LogP contribution is -1.93. The Hall–Kier alpha value is -0.940. The molecule has 1 aromatic carbocycles. The fourth-order valence-corrected chi connectivity index (χ4v) is 3.48. The number of ether oxygens (including phenoxy) is 2. The summed E-state index contributed by atoms with van der Waals surface area (Å²) in [5.41, 5.74) is 0.936. The van der Waals surface area contributed by atoms with Crippen molar-refractivity contribution in [3.63, 3.8) is 0 Å². The molecular formula is C10H9NO2S2. The first kappa shape index (κ1) is 9.30. The minimum absolute atomic E-state index is 0.308. The summed E-state index contributed by atoms with van der Waals surface area (Å²) >= 11 is 3.46. The van der Waals surface area contributed by atoms with Gasteiger partial charge >= 0.3 is 0 Å². The number of aromatic nitrogens is 1. The van der Waals surface area contributed by atoms with E-state index in [9.17, 15) is 0 Å². The van der Waals surface area contributed by atoms with Crippen molar-refractivity contribution < 1.29 is 9.47 Å². The molecule has 5 heteroatoms. The maximum Gasteiger partial charge on any atom is 0.231 e. The molecule has 2 heterocycles. The summed E-state index contributed by atoms with van der Waals surface area (Å²) in [6.07, 6.45) is 0. The van der Waals surface area contributed by atoms with Gasteiger partial charge < -0.3 is 9.47 Å². The maximum atomic E-state index is 5.42. The molecular weight excluding hydrogens is 230 g/mol. The minimum Gasteiger partial charge on any atom is -0.454 e. The predicted octanol–water partition coefficient (Wildman–Crippen LogP) is 3.14. The van der Waals surface area contributed by atoms with E-state index in [1.807, 2.05) is 12.1 Å². The molecule has 0 fully saturated rings. The van der Waals surface area contributed by atoms with Gasteiger partial charge in [-0.25, -0.2) is 4.98 Å². The second-order valence-corrected chi connectivity index (χ2v) is 5.60. The number of hydrogen-bond donors (Lipinski definition) is 0. The Balaban J connectivity index is 2.18. The number of benzene rings is 1. The maximum absolute atomic E-state index is 5.42. The van der Waals surface area contributed by atoms with Gasteiger partial charge in [-0.05, 0) is 17.9 Å². The third-order valence-electron chi connectivity index (χ3n) is 2.14. The lowest BCUT2D eigenvalue weighted by molar-refractivity contribution is 0.174. The summed E-state index contributed by atoms with van der Waals surface area (Å²) in [4.78, 5) is 4.55. The van der Waals surface area contributed by atoms with E-state index in [0.29, 0.717) is 6.79 Å². The molecule has 1 aliphatic rings. The number of rotatable bonds is 2. The van der Waals surface area contributed by atoms with Crippen molar-refractivity contribution in [2.75, 3.05) is 12.5 Å². The molecule has 0 saturated carbocycles. The average Bonchev–Trinajstić information content (AvgIpc) is 2.80. The molecule has 1 aromatic heterocycles. The van der Waals surface area contributed by atoms with Crippen LogP contribution in [-0.2, 0) is 0 Å². The number of hydrogen-bond acceptors (Lipinski definition) is 5. The standard InChI is InChI=1S/C10H9NO2S2/c1-2-14-10-11-8-7(15-10)4-3-6-9(8)13-5-12-6/h3-4H,2,5H2,1H3. The van der Waals surface area contributed by atoms with Crippen LogP contribution in [0.5, 0.6) is 11.5 Å². The van der Waals surface area contributed by atoms with E-state index in [-0.39, 0.29) is 0 Å². The smallest absolute Gasteiger partial charge is 0.231 e. The van der Waals surface area contributed by atoms with Crippen LogP contribution in [0.15, 0.2) is 16.5 Å². The quantitative estimate of drug-likeness (QED) is 0.753. The van der Waals surface area contributed by atoms with Gasteiger partial charge in [0.2, 0.25) is 6.79 Å². The van der Waals surface area contributed by atoms with Gasteiger partial charge in [-0.1, -0.05) is 18.7 Å². The van der Waals surface area contributed by atoms with E-state index in [0.717, 1.165) is 31.8 Å². The van der Waals surface area contributed by atoms with Crippen LogP contribution in [0.4, 0.5) is 0 Å². The van der Waals surface area contributed by atoms with Gasteiger partial charge in [0.15, 0.2) is 15.8 Å². The lowest BCUT2D eigenvalue weighted by Gasteiger charge is -1.94. The van der Waals surface area contributed by atoms with Crippen LogP contribution in [0.2, 0.25) is 0 Å². The molecule has 0 radical (unpaired) electrons. The highest BCUT2D eigenvalue weighted by molar-refractivity contribution is 8.01. The third kappa shape index (κ3) is 1.46. The molecule has 78 valence electrons. The first-order chi connectivity index (χ1) is 7.38. The zero-order valence-corrected chi connectivity index (χ0v) is 9.78. The fraction of sp³-hybridized carbons (Fsp3) is 0.300. The number of fused-ring (bicyclic) bond motifs is 3. The van der Waals surface area contributed by atoms with Crippen molar-refractivity contribution in [2.45, 2.75) is 11.3 Å². The number of nitrogens with zero attached hydrogens (tertiary/aromatic N) is 1. The lowest BCUT2D eigenvalue weighted by atomic mass is 10.3. The Labute approximate surface area is 95.4 Å². The second kappa shape index (κ2) is 3.57. The van der Waals surface area contributed by atoms with Gasteiger partial charge in [0.1, 0.15) is 5.52 Å². The van der Waals surface area contributed by atoms with Gasteiger partial charge in [-0.15, -0.1) is 11.3 Å². The van der Waals surface area contributed by atoms with Gasteiger partial charge in [0.05, 0.1) is 4.70 Å². The molecule has 0 amide bonds. The highest BCUT2D eigenvalue weighted by Crippen LogP contribution is 2.42. The summed E-state index contributed by atoms with van der Waals surface area (Å²) in [7, 11) is 0. The van der Waals surface area contributed by atoms with Crippen LogP contribution in [0, 0.1) is 0 Å². The van der Waals surface area contributed by atoms with Gasteiger partial charge in [0.25, 0.3) is 0 Å². The zero-order chi connectivity index (χ0) is 10.3. The normalized spacial score (nSPS) is 13.7. The molecule has 0 bridgehead atoms. The van der Waals surface area contributed by atoms with Crippen LogP contribution >= 0.6 is 23.1 Å². The molecule has 3 nitrogen and oxygen atoms in total. The van der Waals surface area contributed by atoms with Gasteiger partial charge in [-0.2, -0.15) is 0 Å². The molecule has 1 aliphatic heterocycles. The Bertz CT molecular complexity index is 509. The largest absolute Gasteiger partial charge is 0.454 e. The molecule has 0 aliphatic carbocycles. The summed E-state index contributed by atoms with van der Waals surface area (Å²) in [6.45, 7) is 2.43. The van der Waals surface area contributed by atoms with Crippen molar-refractivity contribution in [3.05, 3.63) is 12.1 Å². The first-order valence-corrected chi connectivity index (χ1v) is 6.50. The highest BCUT2D eigenvalue weighted by Gasteiger charge is 2.19. The molecule has 15 heavy (non-hydrogen) atoms. The van der Waals surface area contributed by atoms with Gasteiger partial charge in [-0.3, -0.25) is 0 Å². The van der Waals surface area contributed by atoms with E-state index >= 15 is 0 Å². The topological polar surface area (TPSA) is 31.4 Å². The molecule has 0 atom stereocenters. The Kier molecular flexibility index (Phi) is 2.21. The minimum atomic E-state index is 0.308. The van der Waals surface area contributed by atoms with E-state index in [2.05, 4.69) is 11.9 Å². The first-order valence-electron chi connectivity index (χ1n) is 4.70. The van der Waals surface area contributed by atoms with Gasteiger partial charge in [0, 0.05) is 0 Å². The molecule has 2 aromatic rings. The van der Waals surface area contributed by atoms with Crippen LogP contribution in [0.3, 0.4) is 0 Å². The van der Waals surface area contributed by atoms with Crippen molar-refractivity contribution in [2.24, 2.45) is 0 Å². The second-order valence-electron chi connectivity index (χ2n) is 3.06. The van der Waals surface area contributed by atoms with Crippen molar-refractivity contribution >= 4 is 33.3 Å². The SMILES string of the molecule is CCSc1nc2c3c(ccc2s1)OCO3. The van der Waals surface area contributed by atoms with Crippen LogP contribution < -0.4 is 9.47 Å². The van der Waals surface area contributed by atoms with Crippen LogP contribution in [0.1, 0.15) is 6.92 Å². The number of thioether (sulfide) groups is 1. The highest BCUT2D eigenvalue weighted by atomic mass is 32.2.